The molecule has 5 heteroatoms. The number of aliphatic carboxylic acids is 1. The van der Waals surface area contributed by atoms with Crippen molar-refractivity contribution in [3.63, 3.8) is 0 Å². The van der Waals surface area contributed by atoms with Crippen LogP contribution in [-0.2, 0) is 9.59 Å². The van der Waals surface area contributed by atoms with E-state index in [1.807, 2.05) is 12.2 Å². The highest BCUT2D eigenvalue weighted by atomic mass is 32.1. The highest BCUT2D eigenvalue weighted by Crippen LogP contribution is 1.98. The van der Waals surface area contributed by atoms with Crippen LogP contribution in [0.1, 0.15) is 58.3 Å². The molecule has 0 unspecified atom stereocenters. The fourth-order valence-corrected chi connectivity index (χ4v) is 2.55. The van der Waals surface area contributed by atoms with Crippen molar-refractivity contribution < 1.29 is 14.7 Å². The summed E-state index contributed by atoms with van der Waals surface area (Å²) in [5.41, 5.74) is 0. The van der Waals surface area contributed by atoms with Crippen LogP contribution in [0.3, 0.4) is 0 Å². The number of thiol groups is 1. The van der Waals surface area contributed by atoms with Gasteiger partial charge >= 0.3 is 5.97 Å². The van der Waals surface area contributed by atoms with Crippen LogP contribution in [0.25, 0.3) is 0 Å². The number of rotatable bonds is 17. The lowest BCUT2D eigenvalue weighted by molar-refractivity contribution is -0.141. The molecular formula is C25H37NO3S. The summed E-state index contributed by atoms with van der Waals surface area (Å²) in [5, 5.41) is 11.3. The second kappa shape index (κ2) is 21.4. The van der Waals surface area contributed by atoms with E-state index in [0.29, 0.717) is 6.42 Å². The predicted molar refractivity (Wildman–Crippen MR) is 131 cm³/mol. The highest BCUT2D eigenvalue weighted by Gasteiger charge is 2.17. The topological polar surface area (TPSA) is 66.4 Å². The number of hydrogen-bond donors (Lipinski definition) is 3. The van der Waals surface area contributed by atoms with E-state index in [9.17, 15) is 9.59 Å². The minimum atomic E-state index is -1.06. The Morgan fingerprint density at radius 1 is 0.767 bits per heavy atom. The molecule has 0 bridgehead atoms. The Hall–Kier alpha value is -2.27. The summed E-state index contributed by atoms with van der Waals surface area (Å²) in [7, 11) is 0. The van der Waals surface area contributed by atoms with Crippen LogP contribution in [0, 0.1) is 0 Å². The lowest BCUT2D eigenvalue weighted by Crippen LogP contribution is -2.41. The number of nitrogens with one attached hydrogen (secondary N) is 1. The number of amides is 1. The van der Waals surface area contributed by atoms with Gasteiger partial charge in [-0.25, -0.2) is 4.79 Å². The van der Waals surface area contributed by atoms with Crippen LogP contribution in [0.2, 0.25) is 0 Å². The third-order valence-electron chi connectivity index (χ3n) is 3.95. The van der Waals surface area contributed by atoms with Crippen LogP contribution in [0.5, 0.6) is 0 Å². The number of carboxylic acid groups (broad SMARTS) is 1. The van der Waals surface area contributed by atoms with E-state index in [-0.39, 0.29) is 18.1 Å². The standard InChI is InChI=1S/C25H37NO3S/c1-2-3-4-5-6-7-8-9-10-11-12-13-14-15-16-17-18-19-20-21-24(27)26-23(22-30)25(28)29/h3-4,6-7,9-10,12-13,15-16,18-19,23,30H,2,5,8,11,14,17,20-22H2,1H3,(H,26,27)(H,28,29)/b4-3-,7-6-,10-9-,13-12-,16-15-,19-18-/t23-/m1/s1. The summed E-state index contributed by atoms with van der Waals surface area (Å²) >= 11 is 3.91. The molecule has 166 valence electrons. The molecule has 1 amide bonds. The number of hydrogen-bond acceptors (Lipinski definition) is 3. The van der Waals surface area contributed by atoms with Crippen molar-refractivity contribution in [3.05, 3.63) is 72.9 Å². The van der Waals surface area contributed by atoms with Crippen LogP contribution in [-0.4, -0.2) is 28.8 Å². The average Bonchev–Trinajstić information content (AvgIpc) is 2.73. The van der Waals surface area contributed by atoms with Gasteiger partial charge in [-0.1, -0.05) is 79.8 Å². The first kappa shape index (κ1) is 27.7. The van der Waals surface area contributed by atoms with Crippen molar-refractivity contribution in [3.8, 4) is 0 Å². The van der Waals surface area contributed by atoms with E-state index >= 15 is 0 Å². The van der Waals surface area contributed by atoms with Crippen molar-refractivity contribution in [1.29, 1.82) is 0 Å². The van der Waals surface area contributed by atoms with Gasteiger partial charge in [0.2, 0.25) is 5.91 Å². The first-order valence-electron chi connectivity index (χ1n) is 10.6. The van der Waals surface area contributed by atoms with Crippen LogP contribution in [0.4, 0.5) is 0 Å². The second-order valence-electron chi connectivity index (χ2n) is 6.59. The fourth-order valence-electron chi connectivity index (χ4n) is 2.31. The molecule has 0 aliphatic carbocycles. The summed E-state index contributed by atoms with van der Waals surface area (Å²) < 4.78 is 0. The maximum atomic E-state index is 11.6. The summed E-state index contributed by atoms with van der Waals surface area (Å²) in [6, 6.07) is -0.925. The molecule has 0 aliphatic rings. The van der Waals surface area contributed by atoms with Crippen molar-refractivity contribution in [2.75, 3.05) is 5.75 Å². The zero-order valence-electron chi connectivity index (χ0n) is 18.1. The van der Waals surface area contributed by atoms with E-state index < -0.39 is 12.0 Å². The van der Waals surface area contributed by atoms with Gasteiger partial charge in [-0.05, 0) is 44.9 Å². The monoisotopic (exact) mass is 431 g/mol. The van der Waals surface area contributed by atoms with Gasteiger partial charge in [0.25, 0.3) is 0 Å². The molecule has 1 atom stereocenters. The molecule has 0 spiro atoms. The number of carbonyl (C=O) groups excluding carboxylic acids is 1. The van der Waals surface area contributed by atoms with E-state index in [0.717, 1.165) is 38.5 Å². The molecule has 0 aromatic rings. The Labute approximate surface area is 187 Å². The van der Waals surface area contributed by atoms with Gasteiger partial charge in [-0.15, -0.1) is 0 Å². The highest BCUT2D eigenvalue weighted by molar-refractivity contribution is 7.80. The van der Waals surface area contributed by atoms with Crippen LogP contribution < -0.4 is 5.32 Å². The van der Waals surface area contributed by atoms with Crippen molar-refractivity contribution in [2.45, 2.75) is 64.3 Å². The maximum Gasteiger partial charge on any atom is 0.327 e. The Balaban J connectivity index is 3.70. The normalized spacial score (nSPS) is 13.7. The molecule has 0 saturated heterocycles. The Bertz CT molecular complexity index is 630. The molecule has 0 heterocycles. The van der Waals surface area contributed by atoms with Crippen molar-refractivity contribution >= 4 is 24.5 Å². The summed E-state index contributed by atoms with van der Waals surface area (Å²) in [4.78, 5) is 22.4. The second-order valence-corrected chi connectivity index (χ2v) is 6.96. The molecule has 0 fully saturated rings. The molecule has 0 radical (unpaired) electrons. The Morgan fingerprint density at radius 3 is 1.53 bits per heavy atom. The lowest BCUT2D eigenvalue weighted by Gasteiger charge is -2.10. The summed E-state index contributed by atoms with van der Waals surface area (Å²) in [5.74, 6) is -1.25. The summed E-state index contributed by atoms with van der Waals surface area (Å²) in [6.07, 6.45) is 32.3. The first-order valence-corrected chi connectivity index (χ1v) is 11.3. The predicted octanol–water partition coefficient (Wildman–Crippen LogP) is 5.96. The Kier molecular flexibility index (Phi) is 19.8. The number of carbonyl (C=O) groups is 2. The average molecular weight is 432 g/mol. The van der Waals surface area contributed by atoms with Gasteiger partial charge in [0.1, 0.15) is 6.04 Å². The van der Waals surface area contributed by atoms with E-state index in [1.54, 1.807) is 0 Å². The smallest absolute Gasteiger partial charge is 0.327 e. The molecule has 0 saturated carbocycles. The molecule has 0 aromatic heterocycles. The Morgan fingerprint density at radius 2 is 1.17 bits per heavy atom. The van der Waals surface area contributed by atoms with E-state index in [4.69, 9.17) is 5.11 Å². The van der Waals surface area contributed by atoms with Crippen molar-refractivity contribution in [2.24, 2.45) is 0 Å². The van der Waals surface area contributed by atoms with Gasteiger partial charge < -0.3 is 10.4 Å². The number of carboxylic acids is 1. The third kappa shape index (κ3) is 19.1. The van der Waals surface area contributed by atoms with E-state index in [1.165, 1.54) is 0 Å². The minimum Gasteiger partial charge on any atom is -0.480 e. The molecule has 0 rings (SSSR count). The molecule has 30 heavy (non-hydrogen) atoms. The van der Waals surface area contributed by atoms with Gasteiger partial charge in [0, 0.05) is 12.2 Å². The fraction of sp³-hybridized carbons (Fsp3) is 0.440. The van der Waals surface area contributed by atoms with Crippen molar-refractivity contribution in [1.82, 2.24) is 5.32 Å². The molecule has 0 aliphatic heterocycles. The minimum absolute atomic E-state index is 0.0843. The molecule has 2 N–H and O–H groups in total. The largest absolute Gasteiger partial charge is 0.480 e. The third-order valence-corrected chi connectivity index (χ3v) is 4.32. The van der Waals surface area contributed by atoms with Crippen LogP contribution >= 0.6 is 12.6 Å². The maximum absolute atomic E-state index is 11.6. The quantitative estimate of drug-likeness (QED) is 0.196. The van der Waals surface area contributed by atoms with Crippen LogP contribution in [0.15, 0.2) is 72.9 Å². The molecule has 4 nitrogen and oxygen atoms in total. The van der Waals surface area contributed by atoms with Gasteiger partial charge in [0.15, 0.2) is 0 Å². The number of allylic oxidation sites excluding steroid dienone is 12. The SMILES string of the molecule is CC/C=C\C/C=C\C/C=C\C/C=C\C/C=C\C/C=C\CCC(=O)N[C@H](CS)C(=O)O. The first-order chi connectivity index (χ1) is 14.6. The van der Waals surface area contributed by atoms with Gasteiger partial charge in [0.05, 0.1) is 0 Å². The lowest BCUT2D eigenvalue weighted by atomic mass is 10.2. The zero-order chi connectivity index (χ0) is 22.3. The molecule has 0 aromatic carbocycles. The van der Waals surface area contributed by atoms with Gasteiger partial charge in [-0.2, -0.15) is 12.6 Å². The molecular weight excluding hydrogens is 394 g/mol. The zero-order valence-corrected chi connectivity index (χ0v) is 19.0. The van der Waals surface area contributed by atoms with Gasteiger partial charge in [-0.3, -0.25) is 4.79 Å². The summed E-state index contributed by atoms with van der Waals surface area (Å²) in [6.45, 7) is 2.14. The van der Waals surface area contributed by atoms with E-state index in [2.05, 4.69) is 85.6 Å².